The summed E-state index contributed by atoms with van der Waals surface area (Å²) in [4.78, 5) is 11.4. The fourth-order valence-electron chi connectivity index (χ4n) is 1.43. The maximum Gasteiger partial charge on any atom is 0.328 e. The number of hydrogen-bond donors (Lipinski definition) is 0. The molecular weight excluding hydrogens is 228 g/mol. The molecule has 88 valence electrons. The second-order valence-electron chi connectivity index (χ2n) is 3.32. The SMILES string of the molecule is CCc1ccc(OC)c(C(Cl)C(=O)OC)c1. The summed E-state index contributed by atoms with van der Waals surface area (Å²) in [5, 5.41) is -0.827. The molecule has 0 heterocycles. The molecule has 0 amide bonds. The number of hydrogen-bond acceptors (Lipinski definition) is 3. The molecule has 0 saturated carbocycles. The first-order valence-electron chi connectivity index (χ1n) is 5.02. The summed E-state index contributed by atoms with van der Waals surface area (Å²) in [6.07, 6.45) is 0.877. The lowest BCUT2D eigenvalue weighted by molar-refractivity contribution is -0.140. The van der Waals surface area contributed by atoms with E-state index in [1.54, 1.807) is 7.11 Å². The fraction of sp³-hybridized carbons (Fsp3) is 0.417. The highest BCUT2D eigenvalue weighted by molar-refractivity contribution is 6.30. The first-order valence-corrected chi connectivity index (χ1v) is 5.46. The third-order valence-corrected chi connectivity index (χ3v) is 2.80. The van der Waals surface area contributed by atoms with Crippen molar-refractivity contribution in [2.75, 3.05) is 14.2 Å². The number of benzene rings is 1. The van der Waals surface area contributed by atoms with Crippen LogP contribution in [-0.4, -0.2) is 20.2 Å². The third-order valence-electron chi connectivity index (χ3n) is 2.38. The Hall–Kier alpha value is -1.22. The molecule has 1 atom stereocenters. The molecule has 0 aliphatic heterocycles. The Balaban J connectivity index is 3.12. The summed E-state index contributed by atoms with van der Waals surface area (Å²) in [6, 6.07) is 5.63. The Kier molecular flexibility index (Phi) is 4.62. The van der Waals surface area contributed by atoms with E-state index >= 15 is 0 Å². The molecule has 1 aromatic carbocycles. The molecule has 1 rings (SSSR count). The van der Waals surface area contributed by atoms with Crippen LogP contribution in [0.4, 0.5) is 0 Å². The van der Waals surface area contributed by atoms with Crippen LogP contribution in [-0.2, 0) is 16.0 Å². The minimum atomic E-state index is -0.827. The zero-order chi connectivity index (χ0) is 12.1. The van der Waals surface area contributed by atoms with Gasteiger partial charge in [0, 0.05) is 5.56 Å². The number of ether oxygens (including phenoxy) is 2. The van der Waals surface area contributed by atoms with E-state index in [4.69, 9.17) is 16.3 Å². The first-order chi connectivity index (χ1) is 7.63. The van der Waals surface area contributed by atoms with Crippen molar-refractivity contribution in [3.63, 3.8) is 0 Å². The van der Waals surface area contributed by atoms with Crippen molar-refractivity contribution in [2.24, 2.45) is 0 Å². The highest BCUT2D eigenvalue weighted by atomic mass is 35.5. The van der Waals surface area contributed by atoms with E-state index in [-0.39, 0.29) is 0 Å². The number of carbonyl (C=O) groups excluding carboxylic acids is 1. The largest absolute Gasteiger partial charge is 0.496 e. The zero-order valence-electron chi connectivity index (χ0n) is 9.62. The van der Waals surface area contributed by atoms with E-state index < -0.39 is 11.3 Å². The second-order valence-corrected chi connectivity index (χ2v) is 3.75. The molecule has 16 heavy (non-hydrogen) atoms. The zero-order valence-corrected chi connectivity index (χ0v) is 10.4. The van der Waals surface area contributed by atoms with Gasteiger partial charge in [0.2, 0.25) is 0 Å². The van der Waals surface area contributed by atoms with E-state index in [0.29, 0.717) is 11.3 Å². The lowest BCUT2D eigenvalue weighted by atomic mass is 10.0. The van der Waals surface area contributed by atoms with Gasteiger partial charge in [0.05, 0.1) is 14.2 Å². The lowest BCUT2D eigenvalue weighted by Gasteiger charge is -2.13. The van der Waals surface area contributed by atoms with Crippen LogP contribution in [0.1, 0.15) is 23.4 Å². The summed E-state index contributed by atoms with van der Waals surface area (Å²) in [7, 11) is 2.86. The van der Waals surface area contributed by atoms with Crippen LogP contribution in [0.5, 0.6) is 5.75 Å². The van der Waals surface area contributed by atoms with Gasteiger partial charge in [-0.25, -0.2) is 0 Å². The predicted molar refractivity (Wildman–Crippen MR) is 63.0 cm³/mol. The smallest absolute Gasteiger partial charge is 0.328 e. The summed E-state index contributed by atoms with van der Waals surface area (Å²) in [5.41, 5.74) is 1.75. The van der Waals surface area contributed by atoms with Gasteiger partial charge in [-0.15, -0.1) is 11.6 Å². The van der Waals surface area contributed by atoms with E-state index in [2.05, 4.69) is 4.74 Å². The van der Waals surface area contributed by atoms with Gasteiger partial charge in [-0.3, -0.25) is 4.79 Å². The van der Waals surface area contributed by atoms with Crippen molar-refractivity contribution < 1.29 is 14.3 Å². The van der Waals surface area contributed by atoms with Gasteiger partial charge in [-0.2, -0.15) is 0 Å². The maximum atomic E-state index is 11.4. The predicted octanol–water partition coefficient (Wildman–Crippen LogP) is 2.71. The van der Waals surface area contributed by atoms with Crippen LogP contribution in [0.3, 0.4) is 0 Å². The highest BCUT2D eigenvalue weighted by Crippen LogP contribution is 2.31. The Morgan fingerprint density at radius 1 is 1.44 bits per heavy atom. The van der Waals surface area contributed by atoms with Crippen molar-refractivity contribution in [1.82, 2.24) is 0 Å². The average molecular weight is 243 g/mol. The summed E-state index contributed by atoms with van der Waals surface area (Å²) >= 11 is 6.02. The van der Waals surface area contributed by atoms with Crippen LogP contribution in [0, 0.1) is 0 Å². The third kappa shape index (κ3) is 2.67. The number of carbonyl (C=O) groups is 1. The molecule has 0 saturated heterocycles. The molecule has 0 radical (unpaired) electrons. The molecule has 1 unspecified atom stereocenters. The molecule has 1 aromatic rings. The normalized spacial score (nSPS) is 12.0. The number of halogens is 1. The number of esters is 1. The Morgan fingerprint density at radius 3 is 2.62 bits per heavy atom. The van der Waals surface area contributed by atoms with Crippen molar-refractivity contribution in [3.05, 3.63) is 29.3 Å². The molecule has 0 aromatic heterocycles. The van der Waals surface area contributed by atoms with Crippen LogP contribution in [0.25, 0.3) is 0 Å². The molecular formula is C12H15ClO3. The summed E-state index contributed by atoms with van der Waals surface area (Å²) < 4.78 is 9.78. The molecule has 0 bridgehead atoms. The van der Waals surface area contributed by atoms with Crippen LogP contribution < -0.4 is 4.74 Å². The number of alkyl halides is 1. The minimum Gasteiger partial charge on any atom is -0.496 e. The van der Waals surface area contributed by atoms with E-state index in [0.717, 1.165) is 12.0 Å². The number of methoxy groups -OCH3 is 2. The molecule has 0 N–H and O–H groups in total. The van der Waals surface area contributed by atoms with Gasteiger partial charge >= 0.3 is 5.97 Å². The second kappa shape index (κ2) is 5.75. The Bertz CT molecular complexity index is 377. The van der Waals surface area contributed by atoms with E-state index in [9.17, 15) is 4.79 Å². The van der Waals surface area contributed by atoms with Gasteiger partial charge in [-0.1, -0.05) is 19.1 Å². The Labute approximate surface area is 100 Å². The van der Waals surface area contributed by atoms with E-state index in [1.807, 2.05) is 25.1 Å². The highest BCUT2D eigenvalue weighted by Gasteiger charge is 2.22. The summed E-state index contributed by atoms with van der Waals surface area (Å²) in [6.45, 7) is 2.03. The van der Waals surface area contributed by atoms with E-state index in [1.165, 1.54) is 7.11 Å². The lowest BCUT2D eigenvalue weighted by Crippen LogP contribution is -2.10. The molecule has 0 aliphatic rings. The van der Waals surface area contributed by atoms with Crippen LogP contribution >= 0.6 is 11.6 Å². The van der Waals surface area contributed by atoms with Gasteiger partial charge in [0.15, 0.2) is 5.38 Å². The van der Waals surface area contributed by atoms with Gasteiger partial charge in [-0.05, 0) is 18.1 Å². The quantitative estimate of drug-likeness (QED) is 0.602. The fourth-order valence-corrected chi connectivity index (χ4v) is 1.69. The van der Waals surface area contributed by atoms with Crippen molar-refractivity contribution in [2.45, 2.75) is 18.7 Å². The molecule has 0 aliphatic carbocycles. The monoisotopic (exact) mass is 242 g/mol. The van der Waals surface area contributed by atoms with Gasteiger partial charge < -0.3 is 9.47 Å². The van der Waals surface area contributed by atoms with Crippen molar-refractivity contribution in [1.29, 1.82) is 0 Å². The standard InChI is InChI=1S/C12H15ClO3/c1-4-8-5-6-10(15-2)9(7-8)11(13)12(14)16-3/h5-7,11H,4H2,1-3H3. The van der Waals surface area contributed by atoms with Crippen LogP contribution in [0.2, 0.25) is 0 Å². The number of aryl methyl sites for hydroxylation is 1. The Morgan fingerprint density at radius 2 is 2.12 bits per heavy atom. The van der Waals surface area contributed by atoms with Gasteiger partial charge in [0.25, 0.3) is 0 Å². The first kappa shape index (κ1) is 12.8. The summed E-state index contributed by atoms with van der Waals surface area (Å²) in [5.74, 6) is 0.121. The molecule has 4 heteroatoms. The van der Waals surface area contributed by atoms with Gasteiger partial charge in [0.1, 0.15) is 5.75 Å². The number of rotatable bonds is 4. The molecule has 0 fully saturated rings. The van der Waals surface area contributed by atoms with Crippen molar-refractivity contribution in [3.8, 4) is 5.75 Å². The average Bonchev–Trinajstić information content (AvgIpc) is 2.35. The molecule has 3 nitrogen and oxygen atoms in total. The minimum absolute atomic E-state index is 0.479. The molecule has 0 spiro atoms. The topological polar surface area (TPSA) is 35.5 Å². The maximum absolute atomic E-state index is 11.4. The van der Waals surface area contributed by atoms with Crippen LogP contribution in [0.15, 0.2) is 18.2 Å². The van der Waals surface area contributed by atoms with Crippen molar-refractivity contribution >= 4 is 17.6 Å².